The normalized spacial score (nSPS) is 25.4. The zero-order valence-electron chi connectivity index (χ0n) is 13.0. The van der Waals surface area contributed by atoms with Crippen molar-refractivity contribution < 1.29 is 32.0 Å². The quantitative estimate of drug-likeness (QED) is 0.467. The maximum atomic E-state index is 14.3. The van der Waals surface area contributed by atoms with Crippen LogP contribution in [0, 0.1) is 10.1 Å². The highest BCUT2D eigenvalue weighted by Gasteiger charge is 2.40. The van der Waals surface area contributed by atoms with E-state index in [4.69, 9.17) is 9.47 Å². The van der Waals surface area contributed by atoms with Crippen molar-refractivity contribution in [2.24, 2.45) is 0 Å². The van der Waals surface area contributed by atoms with E-state index < -0.39 is 40.4 Å². The number of piperidine rings is 1. The van der Waals surface area contributed by atoms with E-state index >= 15 is 0 Å². The van der Waals surface area contributed by atoms with Gasteiger partial charge in [0.1, 0.15) is 23.6 Å². The lowest BCUT2D eigenvalue weighted by Crippen LogP contribution is -2.56. The molecule has 0 spiro atoms. The Labute approximate surface area is 140 Å². The van der Waals surface area contributed by atoms with Crippen molar-refractivity contribution in [3.8, 4) is 5.75 Å². The van der Waals surface area contributed by atoms with Crippen molar-refractivity contribution >= 4 is 5.69 Å². The van der Waals surface area contributed by atoms with Crippen LogP contribution in [0.25, 0.3) is 0 Å². The molecule has 1 aromatic rings. The van der Waals surface area contributed by atoms with Crippen LogP contribution >= 0.6 is 0 Å². The largest absolute Gasteiger partial charge is 0.487 e. The number of nitrogens with zero attached hydrogens (tertiary/aromatic N) is 2. The molecule has 25 heavy (non-hydrogen) atoms. The maximum absolute atomic E-state index is 14.3. The summed E-state index contributed by atoms with van der Waals surface area (Å²) < 4.78 is 64.1. The molecule has 2 atom stereocenters. The number of hydrogen-bond donors (Lipinski definition) is 0. The molecular formula is C15H16F4N2O4. The summed E-state index contributed by atoms with van der Waals surface area (Å²) in [5, 5.41) is 10.7. The predicted octanol–water partition coefficient (Wildman–Crippen LogP) is 2.80. The average Bonchev–Trinajstić information content (AvgIpc) is 2.47. The van der Waals surface area contributed by atoms with Crippen LogP contribution in [0.1, 0.15) is 12.0 Å². The van der Waals surface area contributed by atoms with E-state index in [-0.39, 0.29) is 19.0 Å². The summed E-state index contributed by atoms with van der Waals surface area (Å²) in [7, 11) is 0. The van der Waals surface area contributed by atoms with Crippen LogP contribution in [-0.4, -0.2) is 54.4 Å². The number of nitro benzene ring substituents is 1. The monoisotopic (exact) mass is 364 g/mol. The molecule has 0 bridgehead atoms. The molecular weight excluding hydrogens is 348 g/mol. The molecule has 0 N–H and O–H groups in total. The summed E-state index contributed by atoms with van der Waals surface area (Å²) in [6.45, 7) is 1.61. The van der Waals surface area contributed by atoms with E-state index in [1.807, 2.05) is 4.90 Å². The van der Waals surface area contributed by atoms with E-state index in [0.717, 1.165) is 12.1 Å². The van der Waals surface area contributed by atoms with Crippen LogP contribution in [0.3, 0.4) is 0 Å². The number of rotatable bonds is 4. The van der Waals surface area contributed by atoms with Crippen LogP contribution in [0.2, 0.25) is 0 Å². The van der Waals surface area contributed by atoms with Crippen molar-refractivity contribution in [1.29, 1.82) is 0 Å². The van der Waals surface area contributed by atoms with Gasteiger partial charge in [-0.2, -0.15) is 13.2 Å². The third kappa shape index (κ3) is 3.84. The van der Waals surface area contributed by atoms with Crippen molar-refractivity contribution in [3.05, 3.63) is 33.9 Å². The molecule has 138 valence electrons. The van der Waals surface area contributed by atoms with E-state index in [0.29, 0.717) is 25.8 Å². The Bertz CT molecular complexity index is 651. The van der Waals surface area contributed by atoms with E-state index in [1.165, 1.54) is 0 Å². The number of hydrogen-bond acceptors (Lipinski definition) is 5. The second-order valence-electron chi connectivity index (χ2n) is 6.08. The van der Waals surface area contributed by atoms with Gasteiger partial charge >= 0.3 is 6.18 Å². The molecule has 2 heterocycles. The fourth-order valence-corrected chi connectivity index (χ4v) is 2.92. The number of ether oxygens (including phenoxy) is 2. The number of benzene rings is 1. The van der Waals surface area contributed by atoms with Gasteiger partial charge in [-0.3, -0.25) is 15.0 Å². The fourth-order valence-electron chi connectivity index (χ4n) is 2.92. The van der Waals surface area contributed by atoms with Crippen molar-refractivity contribution in [2.75, 3.05) is 26.3 Å². The first-order chi connectivity index (χ1) is 11.8. The SMILES string of the molecule is O=[N+]([O-])c1ccc(OC2CCN(C3COC3)C[C@H]2F)c(C(F)(F)F)c1. The molecule has 2 saturated heterocycles. The molecule has 1 unspecified atom stereocenters. The second kappa shape index (κ2) is 6.75. The summed E-state index contributed by atoms with van der Waals surface area (Å²) in [5.41, 5.74) is -1.97. The van der Waals surface area contributed by atoms with Crippen LogP contribution < -0.4 is 4.74 Å². The van der Waals surface area contributed by atoms with Gasteiger partial charge in [0, 0.05) is 25.2 Å². The van der Waals surface area contributed by atoms with Gasteiger partial charge in [0.2, 0.25) is 0 Å². The third-order valence-electron chi connectivity index (χ3n) is 4.41. The first-order valence-corrected chi connectivity index (χ1v) is 7.74. The molecule has 6 nitrogen and oxygen atoms in total. The predicted molar refractivity (Wildman–Crippen MR) is 78.2 cm³/mol. The Morgan fingerprint density at radius 2 is 2.04 bits per heavy atom. The Hall–Kier alpha value is -1.94. The first-order valence-electron chi connectivity index (χ1n) is 7.74. The number of non-ortho nitro benzene ring substituents is 1. The van der Waals surface area contributed by atoms with Gasteiger partial charge in [-0.1, -0.05) is 0 Å². The fraction of sp³-hybridized carbons (Fsp3) is 0.600. The molecule has 1 aromatic carbocycles. The van der Waals surface area contributed by atoms with Crippen molar-refractivity contribution in [1.82, 2.24) is 4.90 Å². The van der Waals surface area contributed by atoms with Gasteiger partial charge in [-0.05, 0) is 12.5 Å². The molecule has 0 aliphatic carbocycles. The van der Waals surface area contributed by atoms with Crippen LogP contribution in [0.4, 0.5) is 23.2 Å². The van der Waals surface area contributed by atoms with E-state index in [1.54, 1.807) is 0 Å². The number of halogens is 4. The van der Waals surface area contributed by atoms with Crippen molar-refractivity contribution in [3.63, 3.8) is 0 Å². The molecule has 0 aromatic heterocycles. The summed E-state index contributed by atoms with van der Waals surface area (Å²) in [5.74, 6) is -0.592. The highest BCUT2D eigenvalue weighted by atomic mass is 19.4. The smallest absolute Gasteiger partial charge is 0.420 e. The molecule has 2 aliphatic heterocycles. The Morgan fingerprint density at radius 3 is 2.56 bits per heavy atom. The highest BCUT2D eigenvalue weighted by Crippen LogP contribution is 2.39. The maximum Gasteiger partial charge on any atom is 0.420 e. The zero-order chi connectivity index (χ0) is 18.2. The molecule has 2 fully saturated rings. The lowest BCUT2D eigenvalue weighted by Gasteiger charge is -2.42. The van der Waals surface area contributed by atoms with E-state index in [9.17, 15) is 27.7 Å². The lowest BCUT2D eigenvalue weighted by atomic mass is 10.0. The van der Waals surface area contributed by atoms with Crippen molar-refractivity contribution in [2.45, 2.75) is 30.9 Å². The molecule has 0 amide bonds. The minimum absolute atomic E-state index is 0.0625. The Morgan fingerprint density at radius 1 is 1.32 bits per heavy atom. The Kier molecular flexibility index (Phi) is 4.83. The minimum Gasteiger partial charge on any atom is -0.487 e. The molecule has 10 heteroatoms. The minimum atomic E-state index is -4.84. The van der Waals surface area contributed by atoms with Gasteiger partial charge in [-0.25, -0.2) is 4.39 Å². The first kappa shape index (κ1) is 17.9. The van der Waals surface area contributed by atoms with Crippen LogP contribution in [0.15, 0.2) is 18.2 Å². The standard InChI is InChI=1S/C15H16F4N2O4/c16-12-6-20(10-7-24-8-10)4-3-14(12)25-13-2-1-9(21(22)23)5-11(13)15(17,18)19/h1-2,5,10,12,14H,3-4,6-8H2/t12-,14?/m1/s1. The highest BCUT2D eigenvalue weighted by molar-refractivity contribution is 5.45. The molecule has 3 rings (SSSR count). The van der Waals surface area contributed by atoms with Gasteiger partial charge in [-0.15, -0.1) is 0 Å². The zero-order valence-corrected chi connectivity index (χ0v) is 13.0. The van der Waals surface area contributed by atoms with Gasteiger partial charge < -0.3 is 9.47 Å². The molecule has 2 aliphatic rings. The van der Waals surface area contributed by atoms with Gasteiger partial charge in [0.25, 0.3) is 5.69 Å². The number of likely N-dealkylation sites (tertiary alicyclic amines) is 1. The average molecular weight is 364 g/mol. The topological polar surface area (TPSA) is 64.8 Å². The van der Waals surface area contributed by atoms with Crippen LogP contribution in [-0.2, 0) is 10.9 Å². The second-order valence-corrected chi connectivity index (χ2v) is 6.08. The van der Waals surface area contributed by atoms with E-state index in [2.05, 4.69) is 0 Å². The summed E-state index contributed by atoms with van der Waals surface area (Å²) in [6, 6.07) is 2.34. The lowest BCUT2D eigenvalue weighted by molar-refractivity contribution is -0.385. The Balaban J connectivity index is 1.74. The summed E-state index contributed by atoms with van der Waals surface area (Å²) in [6.07, 6.45) is -7.09. The van der Waals surface area contributed by atoms with Gasteiger partial charge in [0.05, 0.1) is 24.2 Å². The molecule has 0 radical (unpaired) electrons. The summed E-state index contributed by atoms with van der Waals surface area (Å²) >= 11 is 0. The number of nitro groups is 1. The third-order valence-corrected chi connectivity index (χ3v) is 4.41. The van der Waals surface area contributed by atoms with Crippen LogP contribution in [0.5, 0.6) is 5.75 Å². The van der Waals surface area contributed by atoms with Gasteiger partial charge in [0.15, 0.2) is 0 Å². The summed E-state index contributed by atoms with van der Waals surface area (Å²) in [4.78, 5) is 11.7. The number of alkyl halides is 4. The molecule has 0 saturated carbocycles.